The Hall–Kier alpha value is -1.31. The number of para-hydroxylation sites is 1. The van der Waals surface area contributed by atoms with Crippen LogP contribution in [0.15, 0.2) is 22.7 Å². The number of hydrogen-bond acceptors (Lipinski definition) is 2. The standard InChI is InChI=1S/C12H15NO/c1-4-9-6-5-7-10-11(8(2)3)13-14-12(9)10/h5-8H,4H2,1-3H3. The van der Waals surface area contributed by atoms with Crippen LogP contribution in [0.5, 0.6) is 0 Å². The van der Waals surface area contributed by atoms with Crippen LogP contribution >= 0.6 is 0 Å². The Morgan fingerprint density at radius 3 is 2.79 bits per heavy atom. The summed E-state index contributed by atoms with van der Waals surface area (Å²) in [7, 11) is 0. The molecule has 0 saturated heterocycles. The summed E-state index contributed by atoms with van der Waals surface area (Å²) in [6.45, 7) is 6.40. The number of rotatable bonds is 2. The molecule has 0 N–H and O–H groups in total. The molecule has 2 heteroatoms. The molecule has 0 spiro atoms. The average molecular weight is 189 g/mol. The first kappa shape index (κ1) is 9.25. The molecule has 14 heavy (non-hydrogen) atoms. The predicted molar refractivity (Wildman–Crippen MR) is 57.5 cm³/mol. The zero-order valence-electron chi connectivity index (χ0n) is 8.87. The van der Waals surface area contributed by atoms with E-state index in [2.05, 4.69) is 44.1 Å². The van der Waals surface area contributed by atoms with Gasteiger partial charge in [-0.15, -0.1) is 0 Å². The largest absolute Gasteiger partial charge is 0.356 e. The van der Waals surface area contributed by atoms with Crippen molar-refractivity contribution in [2.75, 3.05) is 0 Å². The Labute approximate surface area is 83.9 Å². The lowest BCUT2D eigenvalue weighted by Gasteiger charge is -1.99. The van der Waals surface area contributed by atoms with Crippen molar-refractivity contribution in [2.45, 2.75) is 33.1 Å². The normalized spacial score (nSPS) is 11.4. The summed E-state index contributed by atoms with van der Waals surface area (Å²) in [6.07, 6.45) is 0.990. The molecule has 1 aromatic heterocycles. The molecule has 74 valence electrons. The van der Waals surface area contributed by atoms with Gasteiger partial charge in [-0.2, -0.15) is 0 Å². The Bertz CT molecular complexity index is 443. The molecule has 2 aromatic rings. The Balaban J connectivity index is 2.69. The SMILES string of the molecule is CCc1cccc2c(C(C)C)noc12. The van der Waals surface area contributed by atoms with Crippen molar-refractivity contribution in [3.63, 3.8) is 0 Å². The van der Waals surface area contributed by atoms with Gasteiger partial charge < -0.3 is 4.52 Å². The molecule has 2 nitrogen and oxygen atoms in total. The second-order valence-corrected chi connectivity index (χ2v) is 3.87. The van der Waals surface area contributed by atoms with Crippen LogP contribution in [-0.4, -0.2) is 5.16 Å². The van der Waals surface area contributed by atoms with Crippen LogP contribution in [0.3, 0.4) is 0 Å². The number of aromatic nitrogens is 1. The number of fused-ring (bicyclic) bond motifs is 1. The molecule has 0 aliphatic rings. The third-order valence-electron chi connectivity index (χ3n) is 2.54. The van der Waals surface area contributed by atoms with Gasteiger partial charge in [0.15, 0.2) is 5.58 Å². The molecule has 0 radical (unpaired) electrons. The molecule has 0 aliphatic carbocycles. The second-order valence-electron chi connectivity index (χ2n) is 3.87. The van der Waals surface area contributed by atoms with E-state index in [0.29, 0.717) is 5.92 Å². The van der Waals surface area contributed by atoms with E-state index in [0.717, 1.165) is 17.7 Å². The van der Waals surface area contributed by atoms with E-state index in [-0.39, 0.29) is 0 Å². The van der Waals surface area contributed by atoms with Gasteiger partial charge in [0.2, 0.25) is 0 Å². The van der Waals surface area contributed by atoms with Gasteiger partial charge >= 0.3 is 0 Å². The molecule has 0 atom stereocenters. The minimum Gasteiger partial charge on any atom is -0.356 e. The molecular weight excluding hydrogens is 174 g/mol. The summed E-state index contributed by atoms with van der Waals surface area (Å²) in [5.41, 5.74) is 3.26. The van der Waals surface area contributed by atoms with E-state index in [1.807, 2.05) is 0 Å². The first-order valence-electron chi connectivity index (χ1n) is 5.11. The van der Waals surface area contributed by atoms with Crippen molar-refractivity contribution in [2.24, 2.45) is 0 Å². The molecule has 0 aliphatic heterocycles. The van der Waals surface area contributed by atoms with Crippen LogP contribution in [0.4, 0.5) is 0 Å². The van der Waals surface area contributed by atoms with Gasteiger partial charge in [0.05, 0.1) is 5.69 Å². The molecule has 0 unspecified atom stereocenters. The van der Waals surface area contributed by atoms with E-state index in [1.165, 1.54) is 10.9 Å². The minimum absolute atomic E-state index is 0.420. The van der Waals surface area contributed by atoms with Gasteiger partial charge in [0.25, 0.3) is 0 Å². The molecule has 2 rings (SSSR count). The van der Waals surface area contributed by atoms with Crippen molar-refractivity contribution in [3.05, 3.63) is 29.5 Å². The van der Waals surface area contributed by atoms with Gasteiger partial charge in [-0.25, -0.2) is 0 Å². The maximum absolute atomic E-state index is 5.38. The van der Waals surface area contributed by atoms with Crippen LogP contribution < -0.4 is 0 Å². The first-order valence-corrected chi connectivity index (χ1v) is 5.11. The molecule has 1 heterocycles. The second kappa shape index (κ2) is 3.45. The Morgan fingerprint density at radius 2 is 2.14 bits per heavy atom. The van der Waals surface area contributed by atoms with E-state index in [4.69, 9.17) is 4.52 Å². The fraction of sp³-hybridized carbons (Fsp3) is 0.417. The zero-order valence-corrected chi connectivity index (χ0v) is 8.87. The quantitative estimate of drug-likeness (QED) is 0.722. The molecule has 1 aromatic carbocycles. The molecule has 0 saturated carbocycles. The molecule has 0 bridgehead atoms. The van der Waals surface area contributed by atoms with E-state index < -0.39 is 0 Å². The first-order chi connectivity index (χ1) is 6.74. The van der Waals surface area contributed by atoms with Crippen molar-refractivity contribution in [3.8, 4) is 0 Å². The van der Waals surface area contributed by atoms with Crippen LogP contribution in [0.2, 0.25) is 0 Å². The highest BCUT2D eigenvalue weighted by Crippen LogP contribution is 2.27. The lowest BCUT2D eigenvalue weighted by atomic mass is 10.0. The van der Waals surface area contributed by atoms with Crippen molar-refractivity contribution >= 4 is 11.0 Å². The number of aryl methyl sites for hydroxylation is 1. The van der Waals surface area contributed by atoms with Crippen LogP contribution in [0, 0.1) is 0 Å². The van der Waals surface area contributed by atoms with Crippen LogP contribution in [-0.2, 0) is 6.42 Å². The summed E-state index contributed by atoms with van der Waals surface area (Å²) in [6, 6.07) is 6.25. The zero-order chi connectivity index (χ0) is 10.1. The number of nitrogens with zero attached hydrogens (tertiary/aromatic N) is 1. The highest BCUT2D eigenvalue weighted by molar-refractivity contribution is 5.82. The fourth-order valence-electron chi connectivity index (χ4n) is 1.73. The lowest BCUT2D eigenvalue weighted by Crippen LogP contribution is -1.87. The fourth-order valence-corrected chi connectivity index (χ4v) is 1.73. The van der Waals surface area contributed by atoms with Crippen LogP contribution in [0.25, 0.3) is 11.0 Å². The van der Waals surface area contributed by atoms with Crippen molar-refractivity contribution < 1.29 is 4.52 Å². The van der Waals surface area contributed by atoms with Gasteiger partial charge in [-0.3, -0.25) is 0 Å². The molecular formula is C12H15NO. The summed E-state index contributed by atoms with van der Waals surface area (Å²) in [5, 5.41) is 5.29. The monoisotopic (exact) mass is 189 g/mol. The molecule has 0 amide bonds. The van der Waals surface area contributed by atoms with Gasteiger partial charge in [-0.05, 0) is 24.0 Å². The van der Waals surface area contributed by atoms with E-state index in [9.17, 15) is 0 Å². The summed E-state index contributed by atoms with van der Waals surface area (Å²) in [5.74, 6) is 0.420. The summed E-state index contributed by atoms with van der Waals surface area (Å²) < 4.78 is 5.38. The van der Waals surface area contributed by atoms with Gasteiger partial charge in [0, 0.05) is 5.39 Å². The number of hydrogen-bond donors (Lipinski definition) is 0. The summed E-state index contributed by atoms with van der Waals surface area (Å²) >= 11 is 0. The smallest absolute Gasteiger partial charge is 0.170 e. The average Bonchev–Trinajstić information content (AvgIpc) is 2.60. The maximum atomic E-state index is 5.38. The van der Waals surface area contributed by atoms with Crippen molar-refractivity contribution in [1.29, 1.82) is 0 Å². The van der Waals surface area contributed by atoms with Crippen molar-refractivity contribution in [1.82, 2.24) is 5.16 Å². The predicted octanol–water partition coefficient (Wildman–Crippen LogP) is 3.51. The summed E-state index contributed by atoms with van der Waals surface area (Å²) in [4.78, 5) is 0. The highest BCUT2D eigenvalue weighted by atomic mass is 16.5. The minimum atomic E-state index is 0.420. The van der Waals surface area contributed by atoms with Gasteiger partial charge in [-0.1, -0.05) is 38.1 Å². The third kappa shape index (κ3) is 1.31. The third-order valence-corrected chi connectivity index (χ3v) is 2.54. The van der Waals surface area contributed by atoms with E-state index >= 15 is 0 Å². The highest BCUT2D eigenvalue weighted by Gasteiger charge is 2.12. The van der Waals surface area contributed by atoms with Gasteiger partial charge in [0.1, 0.15) is 0 Å². The van der Waals surface area contributed by atoms with E-state index in [1.54, 1.807) is 0 Å². The Morgan fingerprint density at radius 1 is 1.36 bits per heavy atom. The van der Waals surface area contributed by atoms with Crippen LogP contribution in [0.1, 0.15) is 37.9 Å². The number of benzene rings is 1. The molecule has 0 fully saturated rings. The topological polar surface area (TPSA) is 26.0 Å². The Kier molecular flexibility index (Phi) is 2.28. The maximum Gasteiger partial charge on any atom is 0.170 e. The lowest BCUT2D eigenvalue weighted by molar-refractivity contribution is 0.439.